The monoisotopic (exact) mass is 628 g/mol. The molecule has 0 spiro atoms. The number of carbonyl (C=O) groups is 5. The van der Waals surface area contributed by atoms with Gasteiger partial charge in [-0.15, -0.1) is 0 Å². The van der Waals surface area contributed by atoms with Gasteiger partial charge in [0.2, 0.25) is 17.8 Å². The molecule has 1 N–H and O–H groups in total. The van der Waals surface area contributed by atoms with E-state index in [1.807, 2.05) is 0 Å². The zero-order valence-electron chi connectivity index (χ0n) is 24.6. The molecule has 15 heteroatoms. The van der Waals surface area contributed by atoms with Crippen molar-refractivity contribution in [3.8, 4) is 28.4 Å². The summed E-state index contributed by atoms with van der Waals surface area (Å²) in [6.07, 6.45) is -7.14. The van der Waals surface area contributed by atoms with Crippen molar-refractivity contribution in [1.29, 1.82) is 0 Å². The van der Waals surface area contributed by atoms with Crippen LogP contribution in [-0.2, 0) is 47.7 Å². The predicted molar refractivity (Wildman–Crippen MR) is 149 cm³/mol. The van der Waals surface area contributed by atoms with Crippen LogP contribution in [0.2, 0.25) is 0 Å². The van der Waals surface area contributed by atoms with Gasteiger partial charge < -0.3 is 42.7 Å². The van der Waals surface area contributed by atoms with Gasteiger partial charge in [0.05, 0.1) is 12.7 Å². The van der Waals surface area contributed by atoms with Gasteiger partial charge in [-0.25, -0.2) is 4.79 Å². The molecule has 3 aromatic rings. The maximum atomic E-state index is 13.5. The van der Waals surface area contributed by atoms with Crippen molar-refractivity contribution in [3.63, 3.8) is 0 Å². The minimum Gasteiger partial charge on any atom is -0.508 e. The Labute approximate surface area is 254 Å². The van der Waals surface area contributed by atoms with Gasteiger partial charge in [0.15, 0.2) is 18.3 Å². The first-order valence-electron chi connectivity index (χ1n) is 13.3. The largest absolute Gasteiger partial charge is 0.508 e. The summed E-state index contributed by atoms with van der Waals surface area (Å²) < 4.78 is 43.4. The molecular formula is C30H28O15. The lowest BCUT2D eigenvalue weighted by atomic mass is 9.97. The lowest BCUT2D eigenvalue weighted by Gasteiger charge is -2.43. The SMILES string of the molecule is COC(=O)[C@H]1O[C@@H](Oc2cc(OC(C)=O)c3c(=O)c(-c4ccc(O)cc4)coc3c2)[C@H](OC(C)=O)[C@@H](OC(C)=O)[C@@H]1OC(C)=O. The molecule has 238 valence electrons. The quantitative estimate of drug-likeness (QED) is 0.216. The molecule has 1 aromatic heterocycles. The molecule has 5 atom stereocenters. The Bertz CT molecular complexity index is 1690. The summed E-state index contributed by atoms with van der Waals surface area (Å²) in [6, 6.07) is 8.14. The standard InChI is InChI=1S/C30H28O15/c1-13(31)40-22-11-19(10-21-23(22)24(36)20(12-39-21)17-6-8-18(35)9-7-17)44-30-28(43-16(4)34)26(42-15(3)33)25(41-14(2)32)27(45-30)29(37)38-5/h6-12,25-28,30,35H,1-5H3/t25-,26-,27-,28+,30+/m0/s1. The molecule has 0 saturated carbocycles. The Morgan fingerprint density at radius 1 is 0.800 bits per heavy atom. The molecule has 1 aliphatic rings. The molecule has 0 unspecified atom stereocenters. The number of methoxy groups -OCH3 is 1. The van der Waals surface area contributed by atoms with Gasteiger partial charge in [0, 0.05) is 39.8 Å². The first kappa shape index (κ1) is 32.5. The van der Waals surface area contributed by atoms with Gasteiger partial charge in [-0.3, -0.25) is 24.0 Å². The number of phenolic OH excluding ortho intramolecular Hbond substituents is 1. The molecule has 2 aromatic carbocycles. The molecule has 1 aliphatic heterocycles. The van der Waals surface area contributed by atoms with Crippen molar-refractivity contribution < 1.29 is 66.7 Å². The number of phenols is 1. The second-order valence-electron chi connectivity index (χ2n) is 9.70. The van der Waals surface area contributed by atoms with Gasteiger partial charge in [0.1, 0.15) is 34.5 Å². The maximum absolute atomic E-state index is 13.5. The van der Waals surface area contributed by atoms with E-state index in [0.29, 0.717) is 5.56 Å². The normalized spacial score (nSPS) is 20.9. The summed E-state index contributed by atoms with van der Waals surface area (Å²) in [4.78, 5) is 74.3. The van der Waals surface area contributed by atoms with Crippen LogP contribution in [0.3, 0.4) is 0 Å². The second-order valence-corrected chi connectivity index (χ2v) is 9.70. The van der Waals surface area contributed by atoms with Crippen molar-refractivity contribution >= 4 is 40.8 Å². The molecule has 4 rings (SSSR count). The summed E-state index contributed by atoms with van der Waals surface area (Å²) >= 11 is 0. The van der Waals surface area contributed by atoms with Crippen LogP contribution in [0.15, 0.2) is 51.9 Å². The molecule has 0 amide bonds. The lowest BCUT2D eigenvalue weighted by molar-refractivity contribution is -0.282. The number of fused-ring (bicyclic) bond motifs is 1. The van der Waals surface area contributed by atoms with Crippen LogP contribution in [0.5, 0.6) is 17.2 Å². The van der Waals surface area contributed by atoms with Crippen LogP contribution in [0.25, 0.3) is 22.1 Å². The molecule has 1 saturated heterocycles. The third kappa shape index (κ3) is 7.38. The summed E-state index contributed by atoms with van der Waals surface area (Å²) in [6.45, 7) is 4.22. The molecule has 45 heavy (non-hydrogen) atoms. The van der Waals surface area contributed by atoms with Crippen LogP contribution in [0.4, 0.5) is 0 Å². The number of carbonyl (C=O) groups excluding carboxylic acids is 5. The molecule has 0 aliphatic carbocycles. The zero-order chi connectivity index (χ0) is 33.0. The first-order valence-corrected chi connectivity index (χ1v) is 13.3. The molecule has 0 radical (unpaired) electrons. The van der Waals surface area contributed by atoms with Crippen molar-refractivity contribution in [2.24, 2.45) is 0 Å². The fraction of sp³-hybridized carbons (Fsp3) is 0.333. The third-order valence-electron chi connectivity index (χ3n) is 6.33. The molecule has 2 heterocycles. The summed E-state index contributed by atoms with van der Waals surface area (Å²) in [5.74, 6) is -4.93. The van der Waals surface area contributed by atoms with E-state index >= 15 is 0 Å². The minimum atomic E-state index is -1.72. The smallest absolute Gasteiger partial charge is 0.339 e. The van der Waals surface area contributed by atoms with E-state index in [0.717, 1.165) is 47.1 Å². The van der Waals surface area contributed by atoms with Crippen LogP contribution < -0.4 is 14.9 Å². The van der Waals surface area contributed by atoms with E-state index in [1.165, 1.54) is 30.3 Å². The van der Waals surface area contributed by atoms with Crippen molar-refractivity contribution in [1.82, 2.24) is 0 Å². The number of aromatic hydroxyl groups is 1. The van der Waals surface area contributed by atoms with Gasteiger partial charge in [-0.1, -0.05) is 12.1 Å². The number of benzene rings is 2. The van der Waals surface area contributed by atoms with Crippen LogP contribution in [-0.4, -0.2) is 72.8 Å². The first-order chi connectivity index (χ1) is 21.3. The lowest BCUT2D eigenvalue weighted by Crippen LogP contribution is -2.64. The van der Waals surface area contributed by atoms with Gasteiger partial charge in [0.25, 0.3) is 0 Å². The number of ether oxygens (including phenoxy) is 7. The van der Waals surface area contributed by atoms with E-state index in [4.69, 9.17) is 37.6 Å². The average molecular weight is 629 g/mol. The fourth-order valence-electron chi connectivity index (χ4n) is 4.65. The average Bonchev–Trinajstić information content (AvgIpc) is 2.95. The van der Waals surface area contributed by atoms with Gasteiger partial charge in [-0.2, -0.15) is 0 Å². The van der Waals surface area contributed by atoms with E-state index in [2.05, 4.69) is 0 Å². The zero-order valence-corrected chi connectivity index (χ0v) is 24.6. The van der Waals surface area contributed by atoms with E-state index in [9.17, 15) is 33.9 Å². The molecule has 1 fully saturated rings. The van der Waals surface area contributed by atoms with E-state index in [-0.39, 0.29) is 33.8 Å². The maximum Gasteiger partial charge on any atom is 0.339 e. The van der Waals surface area contributed by atoms with Crippen molar-refractivity contribution in [3.05, 3.63) is 52.9 Å². The Kier molecular flexibility index (Phi) is 9.72. The summed E-state index contributed by atoms with van der Waals surface area (Å²) in [5.41, 5.74) is -0.182. The number of esters is 5. The van der Waals surface area contributed by atoms with Gasteiger partial charge >= 0.3 is 29.8 Å². The van der Waals surface area contributed by atoms with Crippen LogP contribution in [0, 0.1) is 0 Å². The molecular weight excluding hydrogens is 600 g/mol. The van der Waals surface area contributed by atoms with Crippen LogP contribution >= 0.6 is 0 Å². The Balaban J connectivity index is 1.83. The highest BCUT2D eigenvalue weighted by molar-refractivity contribution is 5.90. The summed E-state index contributed by atoms with van der Waals surface area (Å²) in [7, 11) is 1.04. The third-order valence-corrected chi connectivity index (χ3v) is 6.33. The molecule has 0 bridgehead atoms. The predicted octanol–water partition coefficient (Wildman–Crippen LogP) is 2.16. The number of hydrogen-bond acceptors (Lipinski definition) is 15. The van der Waals surface area contributed by atoms with Crippen molar-refractivity contribution in [2.45, 2.75) is 58.4 Å². The Morgan fingerprint density at radius 3 is 1.98 bits per heavy atom. The fourth-order valence-corrected chi connectivity index (χ4v) is 4.65. The summed E-state index contributed by atoms with van der Waals surface area (Å²) in [5, 5.41) is 9.48. The number of rotatable bonds is 8. The van der Waals surface area contributed by atoms with E-state index < -0.39 is 66.0 Å². The topological polar surface area (TPSA) is 200 Å². The highest BCUT2D eigenvalue weighted by atomic mass is 16.7. The second kappa shape index (κ2) is 13.5. The minimum absolute atomic E-state index is 0.0205. The highest BCUT2D eigenvalue weighted by Gasteiger charge is 2.56. The molecule has 15 nitrogen and oxygen atoms in total. The van der Waals surface area contributed by atoms with Crippen LogP contribution in [0.1, 0.15) is 27.7 Å². The number of hydrogen-bond donors (Lipinski definition) is 1. The highest BCUT2D eigenvalue weighted by Crippen LogP contribution is 2.35. The Hall–Kier alpha value is -5.44. The van der Waals surface area contributed by atoms with Gasteiger partial charge in [-0.05, 0) is 17.7 Å². The van der Waals surface area contributed by atoms with E-state index in [1.54, 1.807) is 0 Å². The Morgan fingerprint density at radius 2 is 1.40 bits per heavy atom. The van der Waals surface area contributed by atoms with Crippen molar-refractivity contribution in [2.75, 3.05) is 7.11 Å².